The van der Waals surface area contributed by atoms with Crippen molar-refractivity contribution in [2.45, 2.75) is 13.8 Å². The average Bonchev–Trinajstić information content (AvgIpc) is 2.10. The first-order valence-corrected chi connectivity index (χ1v) is 4.55. The first-order chi connectivity index (χ1) is 6.15. The number of aryl methyl sites for hydroxylation is 2. The van der Waals surface area contributed by atoms with Gasteiger partial charge in [0, 0.05) is 6.54 Å². The molecule has 1 N–H and O–H groups in total. The summed E-state index contributed by atoms with van der Waals surface area (Å²) >= 11 is 0. The molecule has 1 nitrogen and oxygen atoms in total. The summed E-state index contributed by atoms with van der Waals surface area (Å²) in [5, 5.41) is 3.10. The summed E-state index contributed by atoms with van der Waals surface area (Å²) in [7, 11) is 1.94. The molecule has 1 aromatic rings. The highest BCUT2D eigenvalue weighted by Crippen LogP contribution is 2.15. The number of benzene rings is 1. The highest BCUT2D eigenvalue weighted by atomic mass is 14.8. The molecule has 0 saturated heterocycles. The Bertz CT molecular complexity index is 313. The highest BCUT2D eigenvalue weighted by molar-refractivity contribution is 5.65. The van der Waals surface area contributed by atoms with E-state index in [0.717, 1.165) is 12.1 Å². The molecule has 0 radical (unpaired) electrons. The van der Waals surface area contributed by atoms with E-state index in [4.69, 9.17) is 0 Å². The van der Waals surface area contributed by atoms with Crippen LogP contribution in [0.5, 0.6) is 0 Å². The van der Waals surface area contributed by atoms with Gasteiger partial charge in [0.15, 0.2) is 0 Å². The standard InChI is InChI=1S/C12H17N/c1-9-5-6-12(7-10(9)2)11(3)8-13-4/h5-7,13H,3,8H2,1-2,4H3. The zero-order valence-corrected chi connectivity index (χ0v) is 8.65. The lowest BCUT2D eigenvalue weighted by Crippen LogP contribution is -2.09. The molecule has 0 aromatic heterocycles. The molecular formula is C12H17N. The fourth-order valence-corrected chi connectivity index (χ4v) is 1.28. The van der Waals surface area contributed by atoms with Gasteiger partial charge < -0.3 is 5.32 Å². The van der Waals surface area contributed by atoms with Crippen molar-refractivity contribution in [2.75, 3.05) is 13.6 Å². The predicted octanol–water partition coefficient (Wildman–Crippen LogP) is 2.54. The van der Waals surface area contributed by atoms with Crippen molar-refractivity contribution in [2.24, 2.45) is 0 Å². The van der Waals surface area contributed by atoms with Gasteiger partial charge in [0.05, 0.1) is 0 Å². The zero-order chi connectivity index (χ0) is 9.84. The minimum Gasteiger partial charge on any atom is -0.316 e. The molecule has 0 spiro atoms. The predicted molar refractivity (Wildman–Crippen MR) is 58.9 cm³/mol. The maximum atomic E-state index is 4.02. The van der Waals surface area contributed by atoms with E-state index < -0.39 is 0 Å². The molecule has 1 rings (SSSR count). The third-order valence-electron chi connectivity index (χ3n) is 2.31. The zero-order valence-electron chi connectivity index (χ0n) is 8.65. The van der Waals surface area contributed by atoms with E-state index in [9.17, 15) is 0 Å². The van der Waals surface area contributed by atoms with Crippen LogP contribution in [0, 0.1) is 13.8 Å². The average molecular weight is 175 g/mol. The topological polar surface area (TPSA) is 12.0 Å². The van der Waals surface area contributed by atoms with Crippen LogP contribution in [-0.2, 0) is 0 Å². The van der Waals surface area contributed by atoms with E-state index in [0.29, 0.717) is 0 Å². The van der Waals surface area contributed by atoms with Crippen molar-refractivity contribution in [1.82, 2.24) is 5.32 Å². The summed E-state index contributed by atoms with van der Waals surface area (Å²) in [6.07, 6.45) is 0. The van der Waals surface area contributed by atoms with Crippen molar-refractivity contribution < 1.29 is 0 Å². The van der Waals surface area contributed by atoms with Crippen LogP contribution in [0.15, 0.2) is 24.8 Å². The molecule has 0 aliphatic carbocycles. The molecule has 1 heteroatoms. The first kappa shape index (κ1) is 10.0. The Kier molecular flexibility index (Phi) is 3.26. The second-order valence-electron chi connectivity index (χ2n) is 3.43. The number of rotatable bonds is 3. The summed E-state index contributed by atoms with van der Waals surface area (Å²) in [4.78, 5) is 0. The van der Waals surface area contributed by atoms with Gasteiger partial charge in [-0.25, -0.2) is 0 Å². The van der Waals surface area contributed by atoms with Crippen LogP contribution in [0.25, 0.3) is 5.57 Å². The van der Waals surface area contributed by atoms with Crippen LogP contribution in [0.1, 0.15) is 16.7 Å². The van der Waals surface area contributed by atoms with Crippen molar-refractivity contribution >= 4 is 5.57 Å². The maximum Gasteiger partial charge on any atom is 0.0202 e. The van der Waals surface area contributed by atoms with E-state index in [1.54, 1.807) is 0 Å². The Morgan fingerprint density at radius 2 is 2.00 bits per heavy atom. The Morgan fingerprint density at radius 3 is 2.54 bits per heavy atom. The lowest BCUT2D eigenvalue weighted by molar-refractivity contribution is 0.932. The Balaban J connectivity index is 2.90. The van der Waals surface area contributed by atoms with E-state index >= 15 is 0 Å². The summed E-state index contributed by atoms with van der Waals surface area (Å²) in [5.41, 5.74) is 5.04. The molecule has 0 heterocycles. The number of likely N-dealkylation sites (N-methyl/N-ethyl adjacent to an activating group) is 1. The highest BCUT2D eigenvalue weighted by Gasteiger charge is 1.99. The van der Waals surface area contributed by atoms with Gasteiger partial charge in [-0.15, -0.1) is 0 Å². The normalized spacial score (nSPS) is 10.1. The quantitative estimate of drug-likeness (QED) is 0.744. The SMILES string of the molecule is C=C(CNC)c1ccc(C)c(C)c1. The molecule has 0 aliphatic rings. The van der Waals surface area contributed by atoms with Crippen molar-refractivity contribution in [3.8, 4) is 0 Å². The lowest BCUT2D eigenvalue weighted by atomic mass is 10.0. The van der Waals surface area contributed by atoms with Crippen molar-refractivity contribution in [3.05, 3.63) is 41.5 Å². The van der Waals surface area contributed by atoms with Crippen LogP contribution < -0.4 is 5.32 Å². The van der Waals surface area contributed by atoms with Gasteiger partial charge in [-0.05, 0) is 43.2 Å². The van der Waals surface area contributed by atoms with Gasteiger partial charge >= 0.3 is 0 Å². The molecule has 13 heavy (non-hydrogen) atoms. The van der Waals surface area contributed by atoms with E-state index in [1.165, 1.54) is 16.7 Å². The fraction of sp³-hybridized carbons (Fsp3) is 0.333. The molecule has 0 amide bonds. The second kappa shape index (κ2) is 4.24. The number of hydrogen-bond acceptors (Lipinski definition) is 1. The lowest BCUT2D eigenvalue weighted by Gasteiger charge is -2.07. The molecule has 0 atom stereocenters. The van der Waals surface area contributed by atoms with Gasteiger partial charge in [-0.1, -0.05) is 24.8 Å². The van der Waals surface area contributed by atoms with Crippen LogP contribution >= 0.6 is 0 Å². The molecule has 0 aliphatic heterocycles. The van der Waals surface area contributed by atoms with Crippen LogP contribution in [-0.4, -0.2) is 13.6 Å². The van der Waals surface area contributed by atoms with Gasteiger partial charge in [-0.3, -0.25) is 0 Å². The van der Waals surface area contributed by atoms with Gasteiger partial charge in [0.1, 0.15) is 0 Å². The monoisotopic (exact) mass is 175 g/mol. The van der Waals surface area contributed by atoms with Gasteiger partial charge in [-0.2, -0.15) is 0 Å². The number of hydrogen-bond donors (Lipinski definition) is 1. The molecule has 70 valence electrons. The number of nitrogens with one attached hydrogen (secondary N) is 1. The first-order valence-electron chi connectivity index (χ1n) is 4.55. The van der Waals surface area contributed by atoms with E-state index in [2.05, 4.69) is 43.9 Å². The van der Waals surface area contributed by atoms with Crippen LogP contribution in [0.4, 0.5) is 0 Å². The summed E-state index contributed by atoms with van der Waals surface area (Å²) in [6.45, 7) is 9.13. The third kappa shape index (κ3) is 2.43. The van der Waals surface area contributed by atoms with Crippen LogP contribution in [0.2, 0.25) is 0 Å². The Hall–Kier alpha value is -1.08. The minimum absolute atomic E-state index is 0.850. The molecule has 1 aromatic carbocycles. The Morgan fingerprint density at radius 1 is 1.31 bits per heavy atom. The van der Waals surface area contributed by atoms with E-state index in [1.807, 2.05) is 7.05 Å². The largest absolute Gasteiger partial charge is 0.316 e. The summed E-state index contributed by atoms with van der Waals surface area (Å²) in [5.74, 6) is 0. The second-order valence-corrected chi connectivity index (χ2v) is 3.43. The molecular weight excluding hydrogens is 158 g/mol. The van der Waals surface area contributed by atoms with Gasteiger partial charge in [0.2, 0.25) is 0 Å². The summed E-state index contributed by atoms with van der Waals surface area (Å²) in [6, 6.07) is 6.46. The van der Waals surface area contributed by atoms with Crippen LogP contribution in [0.3, 0.4) is 0 Å². The molecule has 0 bridgehead atoms. The molecule has 0 fully saturated rings. The maximum absolute atomic E-state index is 4.02. The fourth-order valence-electron chi connectivity index (χ4n) is 1.28. The molecule has 0 saturated carbocycles. The van der Waals surface area contributed by atoms with E-state index in [-0.39, 0.29) is 0 Å². The Labute approximate surface area is 80.5 Å². The van der Waals surface area contributed by atoms with Crippen molar-refractivity contribution in [1.29, 1.82) is 0 Å². The summed E-state index contributed by atoms with van der Waals surface area (Å²) < 4.78 is 0. The molecule has 0 unspecified atom stereocenters. The third-order valence-corrected chi connectivity index (χ3v) is 2.31. The smallest absolute Gasteiger partial charge is 0.0202 e. The minimum atomic E-state index is 0.850. The van der Waals surface area contributed by atoms with Gasteiger partial charge in [0.25, 0.3) is 0 Å². The van der Waals surface area contributed by atoms with Crippen molar-refractivity contribution in [3.63, 3.8) is 0 Å².